The third-order valence-corrected chi connectivity index (χ3v) is 0.796. The Balaban J connectivity index is 4.16. The minimum atomic E-state index is -1.02. The maximum atomic E-state index is 12.0. The molecular weight excluding hydrogens is 141 g/mol. The number of rotatable bonds is 2. The average molecular weight is 148 g/mol. The molecule has 0 aliphatic heterocycles. The number of hydrogen-bond acceptors (Lipinski definition) is 0. The lowest BCUT2D eigenvalue weighted by Gasteiger charge is -1.86. The van der Waals surface area contributed by atoms with E-state index in [1.54, 1.807) is 0 Å². The first-order chi connectivity index (χ1) is 4.70. The Morgan fingerprint density at radius 1 is 1.30 bits per heavy atom. The molecule has 0 aliphatic carbocycles. The summed E-state index contributed by atoms with van der Waals surface area (Å²) in [6.07, 6.45) is 1.99. The van der Waals surface area contributed by atoms with E-state index in [4.69, 9.17) is 0 Å². The molecule has 0 aromatic carbocycles. The zero-order valence-electron chi connectivity index (χ0n) is 5.44. The topological polar surface area (TPSA) is 0 Å². The Labute approximate surface area is 57.4 Å². The molecule has 0 bridgehead atoms. The Morgan fingerprint density at radius 2 is 1.90 bits per heavy atom. The first-order valence-corrected chi connectivity index (χ1v) is 2.61. The summed E-state index contributed by atoms with van der Waals surface area (Å²) in [6.45, 7) is 1.46. The summed E-state index contributed by atoms with van der Waals surface area (Å²) in [4.78, 5) is 0. The van der Waals surface area contributed by atoms with Gasteiger partial charge in [0.25, 0.3) is 0 Å². The minimum Gasteiger partial charge on any atom is -0.216 e. The van der Waals surface area contributed by atoms with Crippen molar-refractivity contribution in [2.45, 2.75) is 6.92 Å². The molecule has 0 saturated carbocycles. The smallest absolute Gasteiger partial charge is 0.151 e. The highest BCUT2D eigenvalue weighted by atomic mass is 19.2. The third kappa shape index (κ3) is 3.95. The quantitative estimate of drug-likeness (QED) is 0.527. The molecule has 0 N–H and O–H groups in total. The molecule has 0 nitrogen and oxygen atoms in total. The average Bonchev–Trinajstić information content (AvgIpc) is 1.88. The second-order valence-corrected chi connectivity index (χ2v) is 1.68. The van der Waals surface area contributed by atoms with E-state index in [9.17, 15) is 13.2 Å². The standard InChI is InChI=1S/C7H7F3/c1-6(2-3-8)4-7(10)5-9/h2-5H,1H3/b3-2+,6-4-,7-5-. The van der Waals surface area contributed by atoms with E-state index in [1.165, 1.54) is 6.92 Å². The fourth-order valence-corrected chi connectivity index (χ4v) is 0.396. The summed E-state index contributed by atoms with van der Waals surface area (Å²) in [7, 11) is 0. The van der Waals surface area contributed by atoms with Crippen molar-refractivity contribution in [1.29, 1.82) is 0 Å². The number of halogens is 3. The monoisotopic (exact) mass is 148 g/mol. The zero-order valence-corrected chi connectivity index (χ0v) is 5.44. The lowest BCUT2D eigenvalue weighted by molar-refractivity contribution is 0.605. The van der Waals surface area contributed by atoms with Crippen molar-refractivity contribution >= 4 is 0 Å². The van der Waals surface area contributed by atoms with Gasteiger partial charge in [0.2, 0.25) is 0 Å². The van der Waals surface area contributed by atoms with E-state index in [0.29, 0.717) is 5.57 Å². The van der Waals surface area contributed by atoms with E-state index in [2.05, 4.69) is 0 Å². The van der Waals surface area contributed by atoms with E-state index >= 15 is 0 Å². The van der Waals surface area contributed by atoms with Crippen molar-refractivity contribution in [1.82, 2.24) is 0 Å². The van der Waals surface area contributed by atoms with Gasteiger partial charge in [-0.25, -0.2) is 13.2 Å². The van der Waals surface area contributed by atoms with Crippen LogP contribution in [0, 0.1) is 0 Å². The summed E-state index contributed by atoms with van der Waals surface area (Å²) in [5.74, 6) is -1.02. The molecule has 0 atom stereocenters. The van der Waals surface area contributed by atoms with E-state index in [-0.39, 0.29) is 12.7 Å². The molecule has 0 spiro atoms. The molecule has 3 heteroatoms. The zero-order chi connectivity index (χ0) is 7.98. The van der Waals surface area contributed by atoms with Crippen molar-refractivity contribution in [2.24, 2.45) is 0 Å². The fourth-order valence-electron chi connectivity index (χ4n) is 0.396. The minimum absolute atomic E-state index is 0.185. The van der Waals surface area contributed by atoms with Gasteiger partial charge >= 0.3 is 0 Å². The predicted molar refractivity (Wildman–Crippen MR) is 34.3 cm³/mol. The van der Waals surface area contributed by atoms with Crippen molar-refractivity contribution in [3.05, 3.63) is 36.2 Å². The van der Waals surface area contributed by atoms with E-state index in [0.717, 1.165) is 12.2 Å². The molecule has 0 rings (SSSR count). The van der Waals surface area contributed by atoms with E-state index < -0.39 is 5.83 Å². The second kappa shape index (κ2) is 4.85. The first kappa shape index (κ1) is 9.01. The van der Waals surface area contributed by atoms with Crippen LogP contribution in [-0.2, 0) is 0 Å². The van der Waals surface area contributed by atoms with Crippen LogP contribution in [-0.4, -0.2) is 0 Å². The summed E-state index contributed by atoms with van der Waals surface area (Å²) in [5.41, 5.74) is 0.314. The molecule has 0 aliphatic rings. The summed E-state index contributed by atoms with van der Waals surface area (Å²) in [5, 5.41) is 0. The number of hydrogen-bond donors (Lipinski definition) is 0. The highest BCUT2D eigenvalue weighted by Gasteiger charge is 1.87. The van der Waals surface area contributed by atoms with Gasteiger partial charge in [-0.15, -0.1) is 0 Å². The molecule has 0 aromatic heterocycles. The Hall–Kier alpha value is -0.990. The van der Waals surface area contributed by atoms with Crippen LogP contribution in [0.1, 0.15) is 6.92 Å². The van der Waals surface area contributed by atoms with Crippen molar-refractivity contribution in [3.8, 4) is 0 Å². The SMILES string of the molecule is CC(=C/C(F)=C/F)/C=C/F. The van der Waals surface area contributed by atoms with Crippen LogP contribution in [0.15, 0.2) is 36.2 Å². The van der Waals surface area contributed by atoms with Gasteiger partial charge in [0.1, 0.15) is 6.33 Å². The molecule has 0 aromatic rings. The van der Waals surface area contributed by atoms with Crippen LogP contribution in [0.2, 0.25) is 0 Å². The molecule has 0 unspecified atom stereocenters. The summed E-state index contributed by atoms with van der Waals surface area (Å²) >= 11 is 0. The normalized spacial score (nSPS) is 14.8. The lowest BCUT2D eigenvalue weighted by Crippen LogP contribution is -1.68. The maximum absolute atomic E-state index is 12.0. The van der Waals surface area contributed by atoms with Gasteiger partial charge in [-0.05, 0) is 24.6 Å². The molecular formula is C7H7F3. The molecule has 56 valence electrons. The van der Waals surface area contributed by atoms with E-state index in [1.807, 2.05) is 0 Å². The van der Waals surface area contributed by atoms with Gasteiger partial charge in [-0.1, -0.05) is 0 Å². The van der Waals surface area contributed by atoms with Crippen LogP contribution in [0.3, 0.4) is 0 Å². The second-order valence-electron chi connectivity index (χ2n) is 1.68. The predicted octanol–water partition coefficient (Wildman–Crippen LogP) is 3.20. The van der Waals surface area contributed by atoms with Crippen LogP contribution in [0.25, 0.3) is 0 Å². The number of allylic oxidation sites excluding steroid dienone is 4. The van der Waals surface area contributed by atoms with Crippen LogP contribution in [0.5, 0.6) is 0 Å². The van der Waals surface area contributed by atoms with Gasteiger partial charge in [0.05, 0.1) is 6.33 Å². The summed E-state index contributed by atoms with van der Waals surface area (Å²) in [6, 6.07) is 0. The van der Waals surface area contributed by atoms with Crippen LogP contribution in [0.4, 0.5) is 13.2 Å². The van der Waals surface area contributed by atoms with Crippen molar-refractivity contribution in [3.63, 3.8) is 0 Å². The molecule has 0 amide bonds. The molecule has 0 fully saturated rings. The molecule has 10 heavy (non-hydrogen) atoms. The molecule has 0 heterocycles. The summed E-state index contributed by atoms with van der Waals surface area (Å²) < 4.78 is 34.6. The van der Waals surface area contributed by atoms with Gasteiger partial charge in [0, 0.05) is 0 Å². The van der Waals surface area contributed by atoms with Gasteiger partial charge in [-0.3, -0.25) is 0 Å². The van der Waals surface area contributed by atoms with Crippen molar-refractivity contribution in [2.75, 3.05) is 0 Å². The Kier molecular flexibility index (Phi) is 4.37. The Bertz CT molecular complexity index is 177. The molecule has 0 saturated heterocycles. The van der Waals surface area contributed by atoms with Crippen LogP contribution < -0.4 is 0 Å². The van der Waals surface area contributed by atoms with Crippen molar-refractivity contribution < 1.29 is 13.2 Å². The Morgan fingerprint density at radius 3 is 2.30 bits per heavy atom. The fraction of sp³-hybridized carbons (Fsp3) is 0.143. The van der Waals surface area contributed by atoms with Crippen LogP contribution >= 0.6 is 0 Å². The largest absolute Gasteiger partial charge is 0.216 e. The third-order valence-electron chi connectivity index (χ3n) is 0.796. The first-order valence-electron chi connectivity index (χ1n) is 2.61. The lowest BCUT2D eigenvalue weighted by atomic mass is 10.3. The van der Waals surface area contributed by atoms with Gasteiger partial charge < -0.3 is 0 Å². The highest BCUT2D eigenvalue weighted by molar-refractivity contribution is 5.23. The highest BCUT2D eigenvalue weighted by Crippen LogP contribution is 2.04. The van der Waals surface area contributed by atoms with Gasteiger partial charge in [0.15, 0.2) is 5.83 Å². The molecule has 0 radical (unpaired) electrons. The maximum Gasteiger partial charge on any atom is 0.151 e. The van der Waals surface area contributed by atoms with Gasteiger partial charge in [-0.2, -0.15) is 0 Å².